The fourth-order valence-electron chi connectivity index (χ4n) is 4.09. The number of non-ortho nitro benzene ring substituents is 1. The fourth-order valence-corrected chi connectivity index (χ4v) is 4.37. The number of benzene rings is 3. The van der Waals surface area contributed by atoms with E-state index in [9.17, 15) is 23.3 Å². The van der Waals surface area contributed by atoms with Crippen molar-refractivity contribution < 1.29 is 18.1 Å². The summed E-state index contributed by atoms with van der Waals surface area (Å²) in [5.41, 5.74) is 2.05. The van der Waals surface area contributed by atoms with Crippen LogP contribution in [0.25, 0.3) is 0 Å². The van der Waals surface area contributed by atoms with E-state index in [4.69, 9.17) is 17.5 Å². The molecule has 1 heterocycles. The van der Waals surface area contributed by atoms with Crippen molar-refractivity contribution in [3.05, 3.63) is 123 Å². The first kappa shape index (κ1) is 28.3. The van der Waals surface area contributed by atoms with Crippen molar-refractivity contribution in [2.45, 2.75) is 25.7 Å². The Hall–Kier alpha value is -4.76. The van der Waals surface area contributed by atoms with E-state index in [2.05, 4.69) is 16.4 Å². The largest absolute Gasteiger partial charge is 0.416 e. The Bertz CT molecular complexity index is 1530. The molecule has 0 spiro atoms. The lowest BCUT2D eigenvalue weighted by molar-refractivity contribution is -0.384. The molecule has 1 aromatic heterocycles. The van der Waals surface area contributed by atoms with Crippen LogP contribution in [-0.2, 0) is 25.7 Å². The Morgan fingerprint density at radius 1 is 1.10 bits per heavy atom. The van der Waals surface area contributed by atoms with E-state index in [1.165, 1.54) is 36.4 Å². The average molecular weight is 565 g/mol. The number of rotatable bonds is 9. The van der Waals surface area contributed by atoms with Gasteiger partial charge in [0, 0.05) is 55.8 Å². The van der Waals surface area contributed by atoms with Gasteiger partial charge in [-0.15, -0.1) is 0 Å². The molecule has 0 saturated carbocycles. The molecule has 0 saturated heterocycles. The minimum atomic E-state index is -4.53. The van der Waals surface area contributed by atoms with E-state index in [0.29, 0.717) is 24.2 Å². The summed E-state index contributed by atoms with van der Waals surface area (Å²) < 4.78 is 43.1. The Balaban J connectivity index is 1.54. The van der Waals surface area contributed by atoms with Crippen LogP contribution in [0.2, 0.25) is 0 Å². The summed E-state index contributed by atoms with van der Waals surface area (Å²) in [6.45, 7) is 0.658. The molecular weight excluding hydrogens is 541 g/mol. The highest BCUT2D eigenvalue weighted by molar-refractivity contribution is 7.80. The predicted molar refractivity (Wildman–Crippen MR) is 147 cm³/mol. The lowest BCUT2D eigenvalue weighted by Gasteiger charge is -2.27. The zero-order chi connectivity index (χ0) is 28.7. The number of halogens is 3. The van der Waals surface area contributed by atoms with Crippen LogP contribution in [0.3, 0.4) is 0 Å². The number of nitrogens with one attached hydrogen (secondary N) is 1. The number of hydrogen-bond acceptors (Lipinski definition) is 5. The number of alkyl halides is 3. The van der Waals surface area contributed by atoms with Gasteiger partial charge in [-0.2, -0.15) is 18.4 Å². The molecule has 0 aliphatic carbocycles. The summed E-state index contributed by atoms with van der Waals surface area (Å²) >= 11 is 5.58. The van der Waals surface area contributed by atoms with E-state index < -0.39 is 16.7 Å². The monoisotopic (exact) mass is 564 g/mol. The maximum atomic E-state index is 13.7. The van der Waals surface area contributed by atoms with Gasteiger partial charge in [-0.05, 0) is 53.7 Å². The maximum Gasteiger partial charge on any atom is 0.416 e. The lowest BCUT2D eigenvalue weighted by atomic mass is 10.1. The number of hydrogen-bond donors (Lipinski definition) is 1. The number of aromatic nitrogens is 2. The number of thiocarbonyl (C=S) groups is 1. The summed E-state index contributed by atoms with van der Waals surface area (Å²) in [6.07, 6.45) is -0.746. The molecule has 0 radical (unpaired) electrons. The molecule has 4 aromatic rings. The number of nitro benzene ring substituents is 1. The fraction of sp³-hybridized carbons (Fsp3) is 0.179. The van der Waals surface area contributed by atoms with E-state index >= 15 is 0 Å². The molecule has 1 N–H and O–H groups in total. The number of imidazole rings is 1. The molecule has 0 aliphatic heterocycles. The van der Waals surface area contributed by atoms with Gasteiger partial charge in [-0.3, -0.25) is 10.1 Å². The number of nitrogens with zero attached hydrogens (tertiary/aromatic N) is 5. The summed E-state index contributed by atoms with van der Waals surface area (Å²) in [4.78, 5) is 16.3. The van der Waals surface area contributed by atoms with Crippen LogP contribution in [0, 0.1) is 21.4 Å². The van der Waals surface area contributed by atoms with Crippen molar-refractivity contribution in [3.8, 4) is 6.07 Å². The van der Waals surface area contributed by atoms with Crippen LogP contribution in [0.15, 0.2) is 85.3 Å². The third-order valence-electron chi connectivity index (χ3n) is 6.17. The quantitative estimate of drug-likeness (QED) is 0.147. The minimum Gasteiger partial charge on any atom is -0.344 e. The van der Waals surface area contributed by atoms with Crippen molar-refractivity contribution in [1.82, 2.24) is 14.5 Å². The van der Waals surface area contributed by atoms with Crippen LogP contribution in [0.1, 0.15) is 27.9 Å². The van der Waals surface area contributed by atoms with Gasteiger partial charge in [0.15, 0.2) is 5.11 Å². The molecule has 0 unspecified atom stereocenters. The first-order valence-electron chi connectivity index (χ1n) is 12.1. The molecule has 12 heteroatoms. The number of nitriles is 1. The van der Waals surface area contributed by atoms with Gasteiger partial charge in [-0.1, -0.05) is 30.3 Å². The second-order valence-corrected chi connectivity index (χ2v) is 9.27. The van der Waals surface area contributed by atoms with E-state index in [1.54, 1.807) is 35.6 Å². The van der Waals surface area contributed by atoms with Crippen LogP contribution in [-0.4, -0.2) is 31.0 Å². The molecular formula is C28H23F3N6O2S. The Morgan fingerprint density at radius 3 is 2.45 bits per heavy atom. The zero-order valence-corrected chi connectivity index (χ0v) is 21.8. The molecule has 0 aliphatic rings. The summed E-state index contributed by atoms with van der Waals surface area (Å²) in [5, 5.41) is 23.1. The molecule has 0 bridgehead atoms. The normalized spacial score (nSPS) is 11.1. The molecule has 204 valence electrons. The molecule has 40 heavy (non-hydrogen) atoms. The van der Waals surface area contributed by atoms with Gasteiger partial charge in [-0.25, -0.2) is 4.98 Å². The SMILES string of the molecule is N#Cc1ccc(Cn2cncc2CCN(Cc2ccccc2C(F)(F)F)C(=S)Nc2ccc([N+](=O)[O-])cc2)cc1. The predicted octanol–water partition coefficient (Wildman–Crippen LogP) is 6.17. The first-order valence-corrected chi connectivity index (χ1v) is 12.5. The maximum absolute atomic E-state index is 13.7. The van der Waals surface area contributed by atoms with Crippen molar-refractivity contribution >= 4 is 28.7 Å². The van der Waals surface area contributed by atoms with Crippen LogP contribution in [0.5, 0.6) is 0 Å². The van der Waals surface area contributed by atoms with Crippen LogP contribution in [0.4, 0.5) is 24.5 Å². The van der Waals surface area contributed by atoms with Crippen LogP contribution >= 0.6 is 12.2 Å². The Labute approximate surface area is 233 Å². The highest BCUT2D eigenvalue weighted by atomic mass is 32.1. The van der Waals surface area contributed by atoms with Gasteiger partial charge in [0.2, 0.25) is 0 Å². The number of anilines is 1. The second kappa shape index (κ2) is 12.4. The third kappa shape index (κ3) is 7.21. The van der Waals surface area contributed by atoms with E-state index in [0.717, 1.165) is 17.3 Å². The first-order chi connectivity index (χ1) is 19.1. The Morgan fingerprint density at radius 2 is 1.80 bits per heavy atom. The zero-order valence-electron chi connectivity index (χ0n) is 21.0. The van der Waals surface area contributed by atoms with Gasteiger partial charge in [0.25, 0.3) is 5.69 Å². The highest BCUT2D eigenvalue weighted by Crippen LogP contribution is 2.32. The highest BCUT2D eigenvalue weighted by Gasteiger charge is 2.33. The summed E-state index contributed by atoms with van der Waals surface area (Å²) in [5.74, 6) is 0. The Kier molecular flexibility index (Phi) is 8.76. The van der Waals surface area contributed by atoms with Crippen molar-refractivity contribution in [1.29, 1.82) is 5.26 Å². The third-order valence-corrected chi connectivity index (χ3v) is 6.53. The molecule has 4 rings (SSSR count). The summed E-state index contributed by atoms with van der Waals surface area (Å²) in [7, 11) is 0. The van der Waals surface area contributed by atoms with Crippen molar-refractivity contribution in [2.75, 3.05) is 11.9 Å². The van der Waals surface area contributed by atoms with Gasteiger partial charge < -0.3 is 14.8 Å². The summed E-state index contributed by atoms with van der Waals surface area (Å²) in [6, 6.07) is 20.2. The van der Waals surface area contributed by atoms with Gasteiger partial charge >= 0.3 is 6.18 Å². The van der Waals surface area contributed by atoms with Gasteiger partial charge in [0.1, 0.15) is 0 Å². The second-order valence-electron chi connectivity index (χ2n) is 8.88. The lowest BCUT2D eigenvalue weighted by Crippen LogP contribution is -2.36. The van der Waals surface area contributed by atoms with E-state index in [1.807, 2.05) is 16.7 Å². The van der Waals surface area contributed by atoms with Gasteiger partial charge in [0.05, 0.1) is 28.4 Å². The van der Waals surface area contributed by atoms with Crippen molar-refractivity contribution in [2.24, 2.45) is 0 Å². The molecule has 0 amide bonds. The van der Waals surface area contributed by atoms with E-state index in [-0.39, 0.29) is 29.5 Å². The smallest absolute Gasteiger partial charge is 0.344 e. The molecule has 3 aromatic carbocycles. The van der Waals surface area contributed by atoms with Crippen molar-refractivity contribution in [3.63, 3.8) is 0 Å². The molecule has 8 nitrogen and oxygen atoms in total. The molecule has 0 fully saturated rings. The standard InChI is InChI=1S/C28H23F3N6O2S/c29-28(30,31)26-4-2-1-3-22(26)18-35(27(40)34-23-9-11-24(12-10-23)37(38)39)14-13-25-16-33-19-36(25)17-21-7-5-20(15-32)6-8-21/h1-12,16,19H,13-14,17-18H2,(H,34,40). The number of nitro groups is 1. The van der Waals surface area contributed by atoms with Crippen LogP contribution < -0.4 is 5.32 Å². The average Bonchev–Trinajstić information content (AvgIpc) is 3.38. The topological polar surface area (TPSA) is 100 Å². The minimum absolute atomic E-state index is 0.0638. The molecule has 0 atom stereocenters.